The van der Waals surface area contributed by atoms with Crippen LogP contribution in [0.25, 0.3) is 0 Å². The molecule has 0 amide bonds. The van der Waals surface area contributed by atoms with E-state index < -0.39 is 46.5 Å². The fraction of sp³-hybridized carbons (Fsp3) is 0.0714. The third-order valence-electron chi connectivity index (χ3n) is 2.88. The average molecular weight is 300 g/mol. The molecule has 0 aliphatic heterocycles. The molecule has 0 heterocycles. The Bertz CT molecular complexity index is 716. The summed E-state index contributed by atoms with van der Waals surface area (Å²) in [5, 5.41) is 19.0. The molecule has 0 saturated heterocycles. The van der Waals surface area contributed by atoms with Crippen molar-refractivity contribution in [2.45, 2.75) is 6.10 Å². The summed E-state index contributed by atoms with van der Waals surface area (Å²) in [6, 6.07) is 3.30. The predicted molar refractivity (Wildman–Crippen MR) is 63.7 cm³/mol. The smallest absolute Gasteiger partial charge is 0.336 e. The zero-order valence-electron chi connectivity index (χ0n) is 10.3. The quantitative estimate of drug-likeness (QED) is 0.857. The molecule has 2 aromatic carbocycles. The molecule has 0 fully saturated rings. The van der Waals surface area contributed by atoms with Crippen LogP contribution >= 0.6 is 0 Å². The molecule has 0 aromatic heterocycles. The van der Waals surface area contributed by atoms with Gasteiger partial charge in [-0.05, 0) is 29.8 Å². The van der Waals surface area contributed by atoms with Crippen LogP contribution in [0.4, 0.5) is 17.6 Å². The van der Waals surface area contributed by atoms with Gasteiger partial charge in [0.2, 0.25) is 0 Å². The van der Waals surface area contributed by atoms with Gasteiger partial charge in [0, 0.05) is 5.56 Å². The number of hydrogen-bond acceptors (Lipinski definition) is 2. The van der Waals surface area contributed by atoms with E-state index in [0.29, 0.717) is 18.2 Å². The average Bonchev–Trinajstić information content (AvgIpc) is 2.43. The monoisotopic (exact) mass is 300 g/mol. The molecule has 7 heteroatoms. The number of aliphatic hydroxyl groups is 1. The first-order valence-electron chi connectivity index (χ1n) is 5.66. The van der Waals surface area contributed by atoms with Gasteiger partial charge in [-0.25, -0.2) is 22.4 Å². The summed E-state index contributed by atoms with van der Waals surface area (Å²) in [7, 11) is 0. The summed E-state index contributed by atoms with van der Waals surface area (Å²) >= 11 is 0. The van der Waals surface area contributed by atoms with E-state index in [1.165, 1.54) is 0 Å². The Kier molecular flexibility index (Phi) is 3.95. The lowest BCUT2D eigenvalue weighted by Gasteiger charge is -2.15. The van der Waals surface area contributed by atoms with Crippen LogP contribution in [-0.2, 0) is 0 Å². The highest BCUT2D eigenvalue weighted by Gasteiger charge is 2.22. The first-order valence-corrected chi connectivity index (χ1v) is 5.66. The van der Waals surface area contributed by atoms with E-state index >= 15 is 0 Å². The molecule has 0 saturated carbocycles. The van der Waals surface area contributed by atoms with Gasteiger partial charge in [-0.3, -0.25) is 0 Å². The van der Waals surface area contributed by atoms with Crippen LogP contribution in [-0.4, -0.2) is 16.2 Å². The molecule has 110 valence electrons. The van der Waals surface area contributed by atoms with E-state index in [2.05, 4.69) is 0 Å². The van der Waals surface area contributed by atoms with Gasteiger partial charge >= 0.3 is 5.97 Å². The van der Waals surface area contributed by atoms with Crippen molar-refractivity contribution >= 4 is 5.97 Å². The number of carbonyl (C=O) groups is 1. The second kappa shape index (κ2) is 5.53. The maximum atomic E-state index is 13.2. The minimum absolute atomic E-state index is 0.192. The minimum atomic E-state index is -1.75. The highest BCUT2D eigenvalue weighted by molar-refractivity contribution is 5.89. The van der Waals surface area contributed by atoms with Crippen LogP contribution in [0.1, 0.15) is 27.6 Å². The van der Waals surface area contributed by atoms with Crippen LogP contribution < -0.4 is 0 Å². The number of hydrogen-bond donors (Lipinski definition) is 2. The largest absolute Gasteiger partial charge is 0.478 e. The molecular weight excluding hydrogens is 292 g/mol. The number of halogens is 4. The van der Waals surface area contributed by atoms with Crippen molar-refractivity contribution < 1.29 is 32.6 Å². The molecular formula is C14H8F4O3. The summed E-state index contributed by atoms with van der Waals surface area (Å²) in [5.41, 5.74) is -1.33. The van der Waals surface area contributed by atoms with Crippen LogP contribution in [0.3, 0.4) is 0 Å². The van der Waals surface area contributed by atoms with Gasteiger partial charge in [0.05, 0.1) is 5.56 Å². The number of benzene rings is 2. The number of carboxylic acids is 1. The fourth-order valence-corrected chi connectivity index (χ4v) is 1.84. The van der Waals surface area contributed by atoms with Crippen molar-refractivity contribution in [1.29, 1.82) is 0 Å². The number of rotatable bonds is 3. The van der Waals surface area contributed by atoms with Crippen molar-refractivity contribution in [3.05, 3.63) is 70.3 Å². The maximum Gasteiger partial charge on any atom is 0.336 e. The zero-order chi connectivity index (χ0) is 15.7. The molecule has 1 atom stereocenters. The van der Waals surface area contributed by atoms with Gasteiger partial charge in [0.15, 0.2) is 23.3 Å². The Morgan fingerprint density at radius 3 is 2.05 bits per heavy atom. The van der Waals surface area contributed by atoms with E-state index in [0.717, 1.165) is 12.1 Å². The second-order valence-electron chi connectivity index (χ2n) is 4.23. The van der Waals surface area contributed by atoms with E-state index in [1.807, 2.05) is 0 Å². The summed E-state index contributed by atoms with van der Waals surface area (Å²) in [5.74, 6) is -6.77. The normalized spacial score (nSPS) is 12.2. The first kappa shape index (κ1) is 15.0. The van der Waals surface area contributed by atoms with Crippen LogP contribution in [0.2, 0.25) is 0 Å². The van der Waals surface area contributed by atoms with Gasteiger partial charge in [0.25, 0.3) is 0 Å². The number of aromatic carboxylic acids is 1. The Hall–Kier alpha value is -2.41. The van der Waals surface area contributed by atoms with E-state index in [-0.39, 0.29) is 5.56 Å². The van der Waals surface area contributed by atoms with Gasteiger partial charge in [-0.15, -0.1) is 0 Å². The molecule has 21 heavy (non-hydrogen) atoms. The van der Waals surface area contributed by atoms with Gasteiger partial charge in [-0.1, -0.05) is 6.07 Å². The molecule has 0 spiro atoms. The van der Waals surface area contributed by atoms with Crippen LogP contribution in [0, 0.1) is 23.3 Å². The lowest BCUT2D eigenvalue weighted by Crippen LogP contribution is -2.10. The van der Waals surface area contributed by atoms with E-state index in [4.69, 9.17) is 5.11 Å². The van der Waals surface area contributed by atoms with Crippen molar-refractivity contribution in [2.24, 2.45) is 0 Å². The van der Waals surface area contributed by atoms with Crippen molar-refractivity contribution in [2.75, 3.05) is 0 Å². The van der Waals surface area contributed by atoms with Crippen LogP contribution in [0.15, 0.2) is 30.3 Å². The summed E-state index contributed by atoms with van der Waals surface area (Å²) < 4.78 is 52.3. The standard InChI is InChI=1S/C14H8F4O3/c15-9-2-1-6(3-10(9)16)13(19)7-4-11(17)12(18)5-8(7)14(20)21/h1-5,13,19H,(H,20,21). The van der Waals surface area contributed by atoms with E-state index in [1.54, 1.807) is 0 Å². The third kappa shape index (κ3) is 2.87. The summed E-state index contributed by atoms with van der Waals surface area (Å²) in [6.07, 6.45) is -1.75. The highest BCUT2D eigenvalue weighted by Crippen LogP contribution is 2.28. The second-order valence-corrected chi connectivity index (χ2v) is 4.23. The highest BCUT2D eigenvalue weighted by atomic mass is 19.2. The predicted octanol–water partition coefficient (Wildman–Crippen LogP) is 3.02. The zero-order valence-corrected chi connectivity index (χ0v) is 10.3. The number of carboxylic acid groups (broad SMARTS) is 1. The Balaban J connectivity index is 2.56. The molecule has 0 bridgehead atoms. The third-order valence-corrected chi connectivity index (χ3v) is 2.88. The lowest BCUT2D eigenvalue weighted by atomic mass is 9.96. The molecule has 1 unspecified atom stereocenters. The summed E-state index contributed by atoms with van der Waals surface area (Å²) in [4.78, 5) is 11.0. The molecule has 3 nitrogen and oxygen atoms in total. The maximum absolute atomic E-state index is 13.2. The van der Waals surface area contributed by atoms with E-state index in [9.17, 15) is 27.5 Å². The van der Waals surface area contributed by atoms with Crippen molar-refractivity contribution in [3.63, 3.8) is 0 Å². The minimum Gasteiger partial charge on any atom is -0.478 e. The molecule has 2 rings (SSSR count). The summed E-state index contributed by atoms with van der Waals surface area (Å²) in [6.45, 7) is 0. The van der Waals surface area contributed by atoms with Gasteiger partial charge < -0.3 is 10.2 Å². The molecule has 0 radical (unpaired) electrons. The fourth-order valence-electron chi connectivity index (χ4n) is 1.84. The van der Waals surface area contributed by atoms with Gasteiger partial charge in [-0.2, -0.15) is 0 Å². The SMILES string of the molecule is O=C(O)c1cc(F)c(F)cc1C(O)c1ccc(F)c(F)c1. The number of aliphatic hydroxyl groups excluding tert-OH is 1. The Morgan fingerprint density at radius 1 is 0.905 bits per heavy atom. The molecule has 2 aromatic rings. The Morgan fingerprint density at radius 2 is 1.48 bits per heavy atom. The van der Waals surface area contributed by atoms with Crippen molar-refractivity contribution in [3.8, 4) is 0 Å². The van der Waals surface area contributed by atoms with Gasteiger partial charge in [0.1, 0.15) is 6.10 Å². The topological polar surface area (TPSA) is 57.5 Å². The Labute approximate surface area is 116 Å². The van der Waals surface area contributed by atoms with Crippen molar-refractivity contribution in [1.82, 2.24) is 0 Å². The first-order chi connectivity index (χ1) is 9.81. The van der Waals surface area contributed by atoms with Crippen LogP contribution in [0.5, 0.6) is 0 Å². The molecule has 2 N–H and O–H groups in total. The molecule has 0 aliphatic rings. The molecule has 0 aliphatic carbocycles. The lowest BCUT2D eigenvalue weighted by molar-refractivity contribution is 0.0690.